The van der Waals surface area contributed by atoms with Crippen LogP contribution in [0.3, 0.4) is 0 Å². The van der Waals surface area contributed by atoms with Crippen molar-refractivity contribution < 1.29 is 9.72 Å². The Hall–Kier alpha value is -2.70. The van der Waals surface area contributed by atoms with Gasteiger partial charge in [0.2, 0.25) is 0 Å². The Balaban J connectivity index is 1.93. The molecule has 0 aliphatic carbocycles. The van der Waals surface area contributed by atoms with E-state index < -0.39 is 4.92 Å². The van der Waals surface area contributed by atoms with Crippen molar-refractivity contribution in [2.24, 2.45) is 0 Å². The lowest BCUT2D eigenvalue weighted by Gasteiger charge is -2.12. The number of ketones is 1. The quantitative estimate of drug-likeness (QED) is 0.248. The van der Waals surface area contributed by atoms with E-state index in [1.54, 1.807) is 30.3 Å². The van der Waals surface area contributed by atoms with E-state index in [4.69, 9.17) is 11.6 Å². The fourth-order valence-electron chi connectivity index (χ4n) is 3.04. The third kappa shape index (κ3) is 4.49. The van der Waals surface area contributed by atoms with Gasteiger partial charge in [-0.25, -0.2) is 0 Å². The first-order chi connectivity index (χ1) is 13.7. The molecule has 0 atom stereocenters. The lowest BCUT2D eigenvalue weighted by atomic mass is 9.94. The number of nitrogens with zero attached hydrogens (tertiary/aromatic N) is 1. The van der Waals surface area contributed by atoms with Gasteiger partial charge in [0, 0.05) is 27.4 Å². The SMILES string of the molecule is Cc1cc(C)c(C(=O)c2ccc(Nc3ccc(Br)cc3[N+](=O)[O-])cc2Cl)cc1C. The van der Waals surface area contributed by atoms with Crippen LogP contribution in [0, 0.1) is 30.9 Å². The summed E-state index contributed by atoms with van der Waals surface area (Å²) in [4.78, 5) is 23.8. The Kier molecular flexibility index (Phi) is 6.05. The van der Waals surface area contributed by atoms with Crippen LogP contribution >= 0.6 is 27.5 Å². The zero-order valence-electron chi connectivity index (χ0n) is 16.0. The fraction of sp³-hybridized carbons (Fsp3) is 0.136. The molecule has 0 radical (unpaired) electrons. The Bertz CT molecular complexity index is 1150. The number of nitro benzene ring substituents is 1. The number of rotatable bonds is 5. The molecule has 0 saturated carbocycles. The number of hydrogen-bond acceptors (Lipinski definition) is 4. The third-order valence-corrected chi connectivity index (χ3v) is 5.54. The molecular formula is C22H18BrClN2O3. The molecule has 0 heterocycles. The van der Waals surface area contributed by atoms with Gasteiger partial charge < -0.3 is 5.32 Å². The summed E-state index contributed by atoms with van der Waals surface area (Å²) >= 11 is 9.62. The Labute approximate surface area is 182 Å². The monoisotopic (exact) mass is 472 g/mol. The number of hydrogen-bond donors (Lipinski definition) is 1. The molecule has 1 N–H and O–H groups in total. The lowest BCUT2D eigenvalue weighted by molar-refractivity contribution is -0.384. The van der Waals surface area contributed by atoms with Crippen LogP contribution < -0.4 is 5.32 Å². The normalized spacial score (nSPS) is 10.7. The van der Waals surface area contributed by atoms with Crippen molar-refractivity contribution in [1.82, 2.24) is 0 Å². The summed E-state index contributed by atoms with van der Waals surface area (Å²) in [5.74, 6) is -0.156. The van der Waals surface area contributed by atoms with E-state index in [0.29, 0.717) is 27.0 Å². The number of halogens is 2. The van der Waals surface area contributed by atoms with E-state index in [2.05, 4.69) is 21.2 Å². The first-order valence-electron chi connectivity index (χ1n) is 8.80. The van der Waals surface area contributed by atoms with E-state index in [9.17, 15) is 14.9 Å². The van der Waals surface area contributed by atoms with Crippen molar-refractivity contribution in [2.45, 2.75) is 20.8 Å². The average Bonchev–Trinajstić information content (AvgIpc) is 2.65. The van der Waals surface area contributed by atoms with Gasteiger partial charge in [0.25, 0.3) is 5.69 Å². The van der Waals surface area contributed by atoms with Crippen LogP contribution in [-0.4, -0.2) is 10.7 Å². The number of anilines is 2. The summed E-state index contributed by atoms with van der Waals surface area (Å²) < 4.78 is 0.609. The molecule has 3 aromatic rings. The maximum absolute atomic E-state index is 13.0. The van der Waals surface area contributed by atoms with Crippen molar-refractivity contribution in [2.75, 3.05) is 5.32 Å². The van der Waals surface area contributed by atoms with E-state index in [1.165, 1.54) is 6.07 Å². The second kappa shape index (κ2) is 8.35. The molecule has 0 spiro atoms. The van der Waals surface area contributed by atoms with Crippen molar-refractivity contribution >= 4 is 50.4 Å². The molecule has 0 unspecified atom stereocenters. The first kappa shape index (κ1) is 21.0. The summed E-state index contributed by atoms with van der Waals surface area (Å²) in [6, 6.07) is 13.5. The molecule has 3 rings (SSSR count). The maximum Gasteiger partial charge on any atom is 0.293 e. The molecule has 0 bridgehead atoms. The second-order valence-electron chi connectivity index (χ2n) is 6.82. The molecule has 148 valence electrons. The largest absolute Gasteiger partial charge is 0.350 e. The molecular weight excluding hydrogens is 456 g/mol. The summed E-state index contributed by atoms with van der Waals surface area (Å²) in [6.45, 7) is 5.87. The first-order valence-corrected chi connectivity index (χ1v) is 9.97. The predicted octanol–water partition coefficient (Wildman–Crippen LogP) is 6.91. The topological polar surface area (TPSA) is 72.2 Å². The van der Waals surface area contributed by atoms with Gasteiger partial charge in [-0.2, -0.15) is 0 Å². The zero-order chi connectivity index (χ0) is 21.3. The number of benzene rings is 3. The van der Waals surface area contributed by atoms with Crippen LogP contribution in [0.1, 0.15) is 32.6 Å². The van der Waals surface area contributed by atoms with Crippen molar-refractivity contribution in [3.8, 4) is 0 Å². The summed E-state index contributed by atoms with van der Waals surface area (Å²) in [5.41, 5.74) is 4.86. The number of nitrogens with one attached hydrogen (secondary N) is 1. The van der Waals surface area contributed by atoms with Crippen LogP contribution in [0.15, 0.2) is 53.0 Å². The summed E-state index contributed by atoms with van der Waals surface area (Å²) in [7, 11) is 0. The predicted molar refractivity (Wildman–Crippen MR) is 120 cm³/mol. The number of aryl methyl sites for hydroxylation is 3. The fourth-order valence-corrected chi connectivity index (χ4v) is 3.66. The van der Waals surface area contributed by atoms with Crippen LogP contribution in [0.5, 0.6) is 0 Å². The molecule has 3 aromatic carbocycles. The highest BCUT2D eigenvalue weighted by molar-refractivity contribution is 9.10. The highest BCUT2D eigenvalue weighted by Crippen LogP contribution is 2.32. The van der Waals surface area contributed by atoms with Gasteiger partial charge in [-0.1, -0.05) is 33.6 Å². The highest BCUT2D eigenvalue weighted by atomic mass is 79.9. The van der Waals surface area contributed by atoms with E-state index in [-0.39, 0.29) is 16.5 Å². The zero-order valence-corrected chi connectivity index (χ0v) is 18.4. The Morgan fingerprint density at radius 2 is 1.66 bits per heavy atom. The van der Waals surface area contributed by atoms with Crippen LogP contribution in [0.25, 0.3) is 0 Å². The number of carbonyl (C=O) groups excluding carboxylic acids is 1. The van der Waals surface area contributed by atoms with Crippen LogP contribution in [0.2, 0.25) is 5.02 Å². The van der Waals surface area contributed by atoms with Crippen LogP contribution in [0.4, 0.5) is 17.1 Å². The smallest absolute Gasteiger partial charge is 0.293 e. The van der Waals surface area contributed by atoms with Crippen molar-refractivity contribution in [3.63, 3.8) is 0 Å². The van der Waals surface area contributed by atoms with Gasteiger partial charge >= 0.3 is 0 Å². The second-order valence-corrected chi connectivity index (χ2v) is 8.14. The summed E-state index contributed by atoms with van der Waals surface area (Å²) in [5, 5.41) is 14.6. The molecule has 0 aliphatic rings. The molecule has 0 aromatic heterocycles. The molecule has 0 saturated heterocycles. The maximum atomic E-state index is 13.0. The molecule has 0 fully saturated rings. The van der Waals surface area contributed by atoms with Gasteiger partial charge in [-0.15, -0.1) is 0 Å². The Morgan fingerprint density at radius 3 is 2.31 bits per heavy atom. The molecule has 5 nitrogen and oxygen atoms in total. The number of nitro groups is 1. The van der Waals surface area contributed by atoms with E-state index >= 15 is 0 Å². The minimum atomic E-state index is -0.463. The van der Waals surface area contributed by atoms with E-state index in [0.717, 1.165) is 16.7 Å². The standard InChI is InChI=1S/C22H18BrClN2O3/c1-12-8-14(3)18(9-13(12)2)22(27)17-6-5-16(11-19(17)24)25-20-7-4-15(23)10-21(20)26(28)29/h4-11,25H,1-3H3. The highest BCUT2D eigenvalue weighted by Gasteiger charge is 2.18. The minimum absolute atomic E-state index is 0.0681. The van der Waals surface area contributed by atoms with Gasteiger partial charge in [0.05, 0.1) is 9.95 Å². The van der Waals surface area contributed by atoms with Gasteiger partial charge in [0.1, 0.15) is 5.69 Å². The minimum Gasteiger partial charge on any atom is -0.350 e. The van der Waals surface area contributed by atoms with Gasteiger partial charge in [0.15, 0.2) is 5.78 Å². The van der Waals surface area contributed by atoms with Crippen molar-refractivity contribution in [1.29, 1.82) is 0 Å². The lowest BCUT2D eigenvalue weighted by Crippen LogP contribution is -2.06. The third-order valence-electron chi connectivity index (χ3n) is 4.73. The molecule has 7 heteroatoms. The molecule has 0 aliphatic heterocycles. The molecule has 29 heavy (non-hydrogen) atoms. The molecule has 0 amide bonds. The van der Waals surface area contributed by atoms with E-state index in [1.807, 2.05) is 32.9 Å². The van der Waals surface area contributed by atoms with Gasteiger partial charge in [-0.05, 0) is 73.9 Å². The Morgan fingerprint density at radius 1 is 0.966 bits per heavy atom. The number of carbonyl (C=O) groups is 1. The summed E-state index contributed by atoms with van der Waals surface area (Å²) in [6.07, 6.45) is 0. The average molecular weight is 474 g/mol. The van der Waals surface area contributed by atoms with Crippen LogP contribution in [-0.2, 0) is 0 Å². The van der Waals surface area contributed by atoms with Gasteiger partial charge in [-0.3, -0.25) is 14.9 Å². The van der Waals surface area contributed by atoms with Crippen molar-refractivity contribution in [3.05, 3.63) is 96.0 Å².